The second kappa shape index (κ2) is 5.15. The van der Waals surface area contributed by atoms with Gasteiger partial charge >= 0.3 is 6.18 Å². The number of anilines is 1. The van der Waals surface area contributed by atoms with Crippen LogP contribution in [0.4, 0.5) is 18.9 Å². The molecule has 3 rings (SSSR count). The molecule has 1 aliphatic rings. The Balaban J connectivity index is 1.92. The highest BCUT2D eigenvalue weighted by atomic mass is 19.4. The van der Waals surface area contributed by atoms with Crippen LogP contribution in [0.1, 0.15) is 33.7 Å². The van der Waals surface area contributed by atoms with Gasteiger partial charge in [0.25, 0.3) is 5.91 Å². The van der Waals surface area contributed by atoms with Gasteiger partial charge in [-0.2, -0.15) is 18.3 Å². The molecule has 0 radical (unpaired) electrons. The van der Waals surface area contributed by atoms with Gasteiger partial charge in [0.2, 0.25) is 0 Å². The lowest BCUT2D eigenvalue weighted by Gasteiger charge is -2.13. The molecule has 0 spiro atoms. The minimum absolute atomic E-state index is 0.215. The van der Waals surface area contributed by atoms with Crippen molar-refractivity contribution < 1.29 is 18.0 Å². The van der Waals surface area contributed by atoms with Crippen LogP contribution in [0.3, 0.4) is 0 Å². The van der Waals surface area contributed by atoms with E-state index in [1.807, 2.05) is 0 Å². The van der Waals surface area contributed by atoms with E-state index in [4.69, 9.17) is 0 Å². The first-order valence-corrected chi connectivity index (χ1v) is 6.90. The summed E-state index contributed by atoms with van der Waals surface area (Å²) in [5.41, 5.74) is 0.916. The fourth-order valence-corrected chi connectivity index (χ4v) is 2.81. The number of rotatable bonds is 2. The van der Waals surface area contributed by atoms with Crippen LogP contribution in [-0.2, 0) is 26.1 Å². The van der Waals surface area contributed by atoms with Crippen LogP contribution in [-0.4, -0.2) is 15.7 Å². The second-order valence-corrected chi connectivity index (χ2v) is 5.25. The van der Waals surface area contributed by atoms with Crippen LogP contribution < -0.4 is 5.32 Å². The number of hydrogen-bond donors (Lipinski definition) is 1. The van der Waals surface area contributed by atoms with E-state index >= 15 is 0 Å². The van der Waals surface area contributed by atoms with E-state index in [0.29, 0.717) is 0 Å². The Labute approximate surface area is 124 Å². The number of fused-ring (bicyclic) bond motifs is 1. The quantitative estimate of drug-likeness (QED) is 0.926. The number of nitrogens with one attached hydrogen (secondary N) is 1. The number of amides is 1. The number of benzene rings is 1. The number of para-hydroxylation sites is 1. The van der Waals surface area contributed by atoms with Crippen molar-refractivity contribution >= 4 is 11.6 Å². The number of carbonyl (C=O) groups is 1. The molecule has 1 N–H and O–H groups in total. The standard InChI is InChI=1S/C15H14F3N3O/c1-21-12-8-4-5-9(12)13(20-21)14(22)19-11-7-3-2-6-10(11)15(16,17)18/h2-3,6-7H,4-5,8H2,1H3,(H,19,22). The van der Waals surface area contributed by atoms with Gasteiger partial charge in [-0.15, -0.1) is 0 Å². The molecule has 2 aromatic rings. The zero-order chi connectivity index (χ0) is 15.9. The zero-order valence-electron chi connectivity index (χ0n) is 11.9. The third-order valence-corrected chi connectivity index (χ3v) is 3.81. The minimum atomic E-state index is -4.52. The molecular weight excluding hydrogens is 295 g/mol. The van der Waals surface area contributed by atoms with Gasteiger partial charge < -0.3 is 5.32 Å². The number of aromatic nitrogens is 2. The van der Waals surface area contributed by atoms with Crippen LogP contribution in [0.5, 0.6) is 0 Å². The maximum atomic E-state index is 13.0. The molecule has 0 bridgehead atoms. The van der Waals surface area contributed by atoms with Crippen molar-refractivity contribution in [1.82, 2.24) is 9.78 Å². The van der Waals surface area contributed by atoms with Crippen molar-refractivity contribution in [3.8, 4) is 0 Å². The summed E-state index contributed by atoms with van der Waals surface area (Å²) in [6.07, 6.45) is -2.02. The number of hydrogen-bond acceptors (Lipinski definition) is 2. The molecule has 1 aromatic heterocycles. The highest BCUT2D eigenvalue weighted by Crippen LogP contribution is 2.35. The lowest BCUT2D eigenvalue weighted by Crippen LogP contribution is -2.18. The lowest BCUT2D eigenvalue weighted by atomic mass is 10.1. The Kier molecular flexibility index (Phi) is 3.42. The van der Waals surface area contributed by atoms with Crippen LogP contribution in [0.15, 0.2) is 24.3 Å². The van der Waals surface area contributed by atoms with Crippen molar-refractivity contribution in [2.75, 3.05) is 5.32 Å². The van der Waals surface area contributed by atoms with Crippen LogP contribution >= 0.6 is 0 Å². The van der Waals surface area contributed by atoms with Crippen molar-refractivity contribution in [2.24, 2.45) is 7.05 Å². The van der Waals surface area contributed by atoms with E-state index in [2.05, 4.69) is 10.4 Å². The van der Waals surface area contributed by atoms with Crippen LogP contribution in [0, 0.1) is 0 Å². The summed E-state index contributed by atoms with van der Waals surface area (Å²) in [4.78, 5) is 12.3. The maximum Gasteiger partial charge on any atom is 0.418 e. The van der Waals surface area contributed by atoms with E-state index < -0.39 is 17.6 Å². The predicted octanol–water partition coefficient (Wildman–Crippen LogP) is 3.18. The van der Waals surface area contributed by atoms with Gasteiger partial charge in [-0.3, -0.25) is 9.48 Å². The average molecular weight is 309 g/mol. The molecule has 0 saturated carbocycles. The normalized spacial score (nSPS) is 14.0. The summed E-state index contributed by atoms with van der Waals surface area (Å²) in [6.45, 7) is 0. The number of alkyl halides is 3. The number of carbonyl (C=O) groups excluding carboxylic acids is 1. The molecule has 1 aromatic carbocycles. The Hall–Kier alpha value is -2.31. The Bertz CT molecular complexity index is 734. The summed E-state index contributed by atoms with van der Waals surface area (Å²) in [5.74, 6) is -0.601. The molecule has 116 valence electrons. The molecule has 0 aliphatic heterocycles. The van der Waals surface area contributed by atoms with Gasteiger partial charge in [-0.05, 0) is 31.4 Å². The topological polar surface area (TPSA) is 46.9 Å². The van der Waals surface area contributed by atoms with Crippen molar-refractivity contribution in [1.29, 1.82) is 0 Å². The first-order valence-electron chi connectivity index (χ1n) is 6.90. The SMILES string of the molecule is Cn1nc(C(=O)Nc2ccccc2C(F)(F)F)c2c1CCC2. The average Bonchev–Trinajstić information content (AvgIpc) is 3.02. The smallest absolute Gasteiger partial charge is 0.320 e. The largest absolute Gasteiger partial charge is 0.418 e. The Morgan fingerprint density at radius 1 is 1.27 bits per heavy atom. The van der Waals surface area contributed by atoms with Crippen molar-refractivity contribution in [3.63, 3.8) is 0 Å². The molecule has 7 heteroatoms. The summed E-state index contributed by atoms with van der Waals surface area (Å²) in [5, 5.41) is 6.49. The van der Waals surface area contributed by atoms with E-state index in [1.165, 1.54) is 18.2 Å². The molecule has 22 heavy (non-hydrogen) atoms. The van der Waals surface area contributed by atoms with Crippen LogP contribution in [0.25, 0.3) is 0 Å². The van der Waals surface area contributed by atoms with Gasteiger partial charge in [0, 0.05) is 18.3 Å². The first kappa shape index (κ1) is 14.6. The fourth-order valence-electron chi connectivity index (χ4n) is 2.81. The highest BCUT2D eigenvalue weighted by molar-refractivity contribution is 6.04. The third-order valence-electron chi connectivity index (χ3n) is 3.81. The summed E-state index contributed by atoms with van der Waals surface area (Å²) < 4.78 is 40.5. The minimum Gasteiger partial charge on any atom is -0.320 e. The van der Waals surface area contributed by atoms with Crippen molar-refractivity contribution in [2.45, 2.75) is 25.4 Å². The number of aryl methyl sites for hydroxylation is 1. The monoisotopic (exact) mass is 309 g/mol. The number of halogens is 3. The maximum absolute atomic E-state index is 13.0. The Morgan fingerprint density at radius 3 is 2.73 bits per heavy atom. The van der Waals surface area contributed by atoms with Gasteiger partial charge in [0.15, 0.2) is 5.69 Å². The first-order chi connectivity index (χ1) is 10.4. The predicted molar refractivity (Wildman–Crippen MR) is 74.6 cm³/mol. The summed E-state index contributed by atoms with van der Waals surface area (Å²) in [7, 11) is 1.74. The van der Waals surface area contributed by atoms with E-state index in [1.54, 1.807) is 11.7 Å². The van der Waals surface area contributed by atoms with E-state index in [-0.39, 0.29) is 11.4 Å². The summed E-state index contributed by atoms with van der Waals surface area (Å²) in [6, 6.07) is 4.92. The van der Waals surface area contributed by atoms with Crippen molar-refractivity contribution in [3.05, 3.63) is 46.8 Å². The fraction of sp³-hybridized carbons (Fsp3) is 0.333. The molecule has 1 amide bonds. The van der Waals surface area contributed by atoms with Gasteiger partial charge in [0.1, 0.15) is 0 Å². The molecule has 0 fully saturated rings. The zero-order valence-corrected chi connectivity index (χ0v) is 11.9. The van der Waals surface area contributed by atoms with E-state index in [0.717, 1.165) is 36.6 Å². The second-order valence-electron chi connectivity index (χ2n) is 5.25. The molecule has 0 unspecified atom stereocenters. The van der Waals surface area contributed by atoms with Gasteiger partial charge in [-0.1, -0.05) is 12.1 Å². The molecule has 1 heterocycles. The molecule has 1 aliphatic carbocycles. The highest BCUT2D eigenvalue weighted by Gasteiger charge is 2.34. The molecule has 0 saturated heterocycles. The molecule has 0 atom stereocenters. The Morgan fingerprint density at radius 2 is 2.00 bits per heavy atom. The number of nitrogens with zero attached hydrogens (tertiary/aromatic N) is 2. The van der Waals surface area contributed by atoms with Crippen LogP contribution in [0.2, 0.25) is 0 Å². The lowest BCUT2D eigenvalue weighted by molar-refractivity contribution is -0.136. The van der Waals surface area contributed by atoms with E-state index in [9.17, 15) is 18.0 Å². The molecular formula is C15H14F3N3O. The summed E-state index contributed by atoms with van der Waals surface area (Å²) >= 11 is 0. The molecule has 4 nitrogen and oxygen atoms in total. The van der Waals surface area contributed by atoms with Gasteiger partial charge in [0.05, 0.1) is 11.3 Å². The van der Waals surface area contributed by atoms with Gasteiger partial charge in [-0.25, -0.2) is 0 Å². The third kappa shape index (κ3) is 2.47.